The minimum absolute atomic E-state index is 0.0338. The van der Waals surface area contributed by atoms with E-state index in [0.717, 1.165) is 0 Å². The van der Waals surface area contributed by atoms with E-state index in [1.54, 1.807) is 6.07 Å². The lowest BCUT2D eigenvalue weighted by molar-refractivity contribution is 0.622. The van der Waals surface area contributed by atoms with Crippen molar-refractivity contribution in [3.05, 3.63) is 41.5 Å². The zero-order valence-electron chi connectivity index (χ0n) is 8.06. The molecule has 0 aliphatic heterocycles. The summed E-state index contributed by atoms with van der Waals surface area (Å²) in [5.41, 5.74) is 1.21. The fourth-order valence-corrected chi connectivity index (χ4v) is 1.48. The lowest BCUT2D eigenvalue weighted by Gasteiger charge is -2.04. The Labute approximate surface area is 95.9 Å². The van der Waals surface area contributed by atoms with Gasteiger partial charge in [-0.25, -0.2) is 9.07 Å². The Morgan fingerprint density at radius 3 is 3.00 bits per heavy atom. The van der Waals surface area contributed by atoms with E-state index in [-0.39, 0.29) is 11.4 Å². The van der Waals surface area contributed by atoms with Crippen LogP contribution in [0.5, 0.6) is 0 Å². The van der Waals surface area contributed by atoms with Crippen LogP contribution in [0.1, 0.15) is 11.3 Å². The number of nitrogens with zero attached hydrogens (tertiary/aromatic N) is 4. The fourth-order valence-electron chi connectivity index (χ4n) is 1.30. The predicted molar refractivity (Wildman–Crippen MR) is 55.6 cm³/mol. The van der Waals surface area contributed by atoms with Crippen molar-refractivity contribution >= 4 is 11.6 Å². The molecule has 0 saturated carbocycles. The van der Waals surface area contributed by atoms with Crippen LogP contribution in [0, 0.1) is 17.1 Å². The maximum atomic E-state index is 13.1. The molecule has 1 aromatic carbocycles. The average molecular weight is 237 g/mol. The van der Waals surface area contributed by atoms with Crippen LogP contribution in [0.3, 0.4) is 0 Å². The van der Waals surface area contributed by atoms with Crippen LogP contribution in [-0.4, -0.2) is 15.0 Å². The van der Waals surface area contributed by atoms with E-state index in [9.17, 15) is 4.39 Å². The smallest absolute Gasteiger partial charge is 0.141 e. The van der Waals surface area contributed by atoms with Gasteiger partial charge in [0, 0.05) is 0 Å². The minimum atomic E-state index is -0.557. The number of benzene rings is 1. The minimum Gasteiger partial charge on any atom is -0.216 e. The summed E-state index contributed by atoms with van der Waals surface area (Å²) < 4.78 is 14.6. The van der Waals surface area contributed by atoms with Crippen LogP contribution in [0.15, 0.2) is 24.4 Å². The number of hydrogen-bond acceptors (Lipinski definition) is 3. The summed E-state index contributed by atoms with van der Waals surface area (Å²) >= 11 is 5.69. The first-order valence-electron chi connectivity index (χ1n) is 4.42. The zero-order chi connectivity index (χ0) is 11.5. The van der Waals surface area contributed by atoms with Gasteiger partial charge in [-0.2, -0.15) is 5.26 Å². The normalized spacial score (nSPS) is 10.1. The molecule has 2 rings (SSSR count). The van der Waals surface area contributed by atoms with Gasteiger partial charge in [0.25, 0.3) is 0 Å². The molecule has 80 valence electrons. The first kappa shape index (κ1) is 10.6. The summed E-state index contributed by atoms with van der Waals surface area (Å²) in [7, 11) is 0. The van der Waals surface area contributed by atoms with E-state index in [1.165, 1.54) is 29.1 Å². The second kappa shape index (κ2) is 4.29. The van der Waals surface area contributed by atoms with E-state index in [1.807, 2.05) is 0 Å². The third kappa shape index (κ3) is 1.75. The summed E-state index contributed by atoms with van der Waals surface area (Å²) in [6.45, 7) is 0. The number of alkyl halides is 1. The van der Waals surface area contributed by atoms with Crippen molar-refractivity contribution in [2.45, 2.75) is 5.88 Å². The highest BCUT2D eigenvalue weighted by atomic mass is 35.5. The molecule has 0 aliphatic rings. The summed E-state index contributed by atoms with van der Waals surface area (Å²) in [5.74, 6) is -0.314. The summed E-state index contributed by atoms with van der Waals surface area (Å²) in [6, 6.07) is 5.90. The summed E-state index contributed by atoms with van der Waals surface area (Å²) in [6.07, 6.45) is 1.52. The van der Waals surface area contributed by atoms with Gasteiger partial charge in [-0.3, -0.25) is 0 Å². The molecule has 6 heteroatoms. The first-order chi connectivity index (χ1) is 7.76. The van der Waals surface area contributed by atoms with Gasteiger partial charge < -0.3 is 0 Å². The van der Waals surface area contributed by atoms with Crippen LogP contribution in [0.2, 0.25) is 0 Å². The molecule has 16 heavy (non-hydrogen) atoms. The van der Waals surface area contributed by atoms with Gasteiger partial charge in [0.1, 0.15) is 11.9 Å². The van der Waals surface area contributed by atoms with E-state index >= 15 is 0 Å². The molecular formula is C10H6ClFN4. The standard InChI is InChI=1S/C10H6ClFN4/c11-4-9-6-14-15-16(9)8-1-2-10(12)7(3-8)5-13/h1-3,6H,4H2. The van der Waals surface area contributed by atoms with Crippen molar-refractivity contribution in [2.75, 3.05) is 0 Å². The molecule has 1 aromatic heterocycles. The van der Waals surface area contributed by atoms with Crippen LogP contribution in [-0.2, 0) is 5.88 Å². The van der Waals surface area contributed by atoms with E-state index in [0.29, 0.717) is 11.4 Å². The van der Waals surface area contributed by atoms with Crippen LogP contribution >= 0.6 is 11.6 Å². The number of halogens is 2. The Morgan fingerprint density at radius 2 is 2.31 bits per heavy atom. The average Bonchev–Trinajstić information content (AvgIpc) is 2.78. The SMILES string of the molecule is N#Cc1cc(-n2nncc2CCl)ccc1F. The Balaban J connectivity index is 2.53. The van der Waals surface area contributed by atoms with Gasteiger partial charge in [0.2, 0.25) is 0 Å². The highest BCUT2D eigenvalue weighted by Gasteiger charge is 2.08. The van der Waals surface area contributed by atoms with Crippen molar-refractivity contribution in [1.82, 2.24) is 15.0 Å². The topological polar surface area (TPSA) is 54.5 Å². The van der Waals surface area contributed by atoms with Gasteiger partial charge in [-0.05, 0) is 18.2 Å². The number of rotatable bonds is 2. The quantitative estimate of drug-likeness (QED) is 0.750. The molecule has 0 unspecified atom stereocenters. The molecule has 0 N–H and O–H groups in total. The van der Waals surface area contributed by atoms with E-state index < -0.39 is 5.82 Å². The van der Waals surface area contributed by atoms with E-state index in [2.05, 4.69) is 10.3 Å². The molecule has 0 atom stereocenters. The maximum Gasteiger partial charge on any atom is 0.141 e. The predicted octanol–water partition coefficient (Wildman–Crippen LogP) is 2.02. The summed E-state index contributed by atoms with van der Waals surface area (Å²) in [4.78, 5) is 0. The molecule has 0 saturated heterocycles. The van der Waals surface area contributed by atoms with Gasteiger partial charge >= 0.3 is 0 Å². The van der Waals surface area contributed by atoms with E-state index in [4.69, 9.17) is 16.9 Å². The molecule has 0 fully saturated rings. The Morgan fingerprint density at radius 1 is 1.50 bits per heavy atom. The molecule has 2 aromatic rings. The van der Waals surface area contributed by atoms with Crippen LogP contribution in [0.25, 0.3) is 5.69 Å². The second-order valence-electron chi connectivity index (χ2n) is 3.05. The highest BCUT2D eigenvalue weighted by molar-refractivity contribution is 6.16. The summed E-state index contributed by atoms with van der Waals surface area (Å²) in [5, 5.41) is 16.2. The van der Waals surface area contributed by atoms with Gasteiger partial charge in [0.05, 0.1) is 29.0 Å². The lowest BCUT2D eigenvalue weighted by Crippen LogP contribution is -2.01. The number of hydrogen-bond donors (Lipinski definition) is 0. The fraction of sp³-hybridized carbons (Fsp3) is 0.100. The maximum absolute atomic E-state index is 13.1. The molecule has 1 heterocycles. The largest absolute Gasteiger partial charge is 0.216 e. The van der Waals surface area contributed by atoms with Gasteiger partial charge in [-0.1, -0.05) is 5.21 Å². The first-order valence-corrected chi connectivity index (χ1v) is 4.95. The Hall–Kier alpha value is -1.93. The number of nitriles is 1. The third-order valence-corrected chi connectivity index (χ3v) is 2.35. The molecule has 0 radical (unpaired) electrons. The molecule has 0 amide bonds. The van der Waals surface area contributed by atoms with Gasteiger partial charge in [-0.15, -0.1) is 16.7 Å². The van der Waals surface area contributed by atoms with Crippen molar-refractivity contribution < 1.29 is 4.39 Å². The monoisotopic (exact) mass is 236 g/mol. The molecule has 0 aliphatic carbocycles. The van der Waals surface area contributed by atoms with Crippen molar-refractivity contribution in [3.8, 4) is 11.8 Å². The van der Waals surface area contributed by atoms with Crippen LogP contribution in [0.4, 0.5) is 4.39 Å². The Kier molecular flexibility index (Phi) is 2.84. The molecule has 0 bridgehead atoms. The van der Waals surface area contributed by atoms with Crippen LogP contribution < -0.4 is 0 Å². The van der Waals surface area contributed by atoms with Gasteiger partial charge in [0.15, 0.2) is 0 Å². The third-order valence-electron chi connectivity index (χ3n) is 2.07. The number of aromatic nitrogens is 3. The second-order valence-corrected chi connectivity index (χ2v) is 3.31. The lowest BCUT2D eigenvalue weighted by atomic mass is 10.2. The van der Waals surface area contributed by atoms with Crippen molar-refractivity contribution in [2.24, 2.45) is 0 Å². The molecule has 0 spiro atoms. The van der Waals surface area contributed by atoms with Crippen molar-refractivity contribution in [1.29, 1.82) is 5.26 Å². The molecule has 4 nitrogen and oxygen atoms in total. The highest BCUT2D eigenvalue weighted by Crippen LogP contribution is 2.15. The zero-order valence-corrected chi connectivity index (χ0v) is 8.82. The Bertz CT molecular complexity index is 558. The molecular weight excluding hydrogens is 231 g/mol. The van der Waals surface area contributed by atoms with Crippen molar-refractivity contribution in [3.63, 3.8) is 0 Å².